The van der Waals surface area contributed by atoms with Crippen molar-refractivity contribution in [1.82, 2.24) is 4.98 Å². The van der Waals surface area contributed by atoms with E-state index >= 15 is 0 Å². The SMILES string of the molecule is COc1ccc(-c2ncccc2CCN)cc1. The highest BCUT2D eigenvalue weighted by Crippen LogP contribution is 2.23. The third-order valence-electron chi connectivity index (χ3n) is 2.67. The summed E-state index contributed by atoms with van der Waals surface area (Å²) < 4.78 is 5.14. The molecule has 0 fully saturated rings. The van der Waals surface area contributed by atoms with Crippen molar-refractivity contribution in [1.29, 1.82) is 0 Å². The van der Waals surface area contributed by atoms with Gasteiger partial charge in [0, 0.05) is 11.8 Å². The first kappa shape index (κ1) is 11.6. The molecule has 2 rings (SSSR count). The molecule has 2 aromatic rings. The quantitative estimate of drug-likeness (QED) is 0.873. The van der Waals surface area contributed by atoms with Gasteiger partial charge in [-0.3, -0.25) is 4.98 Å². The number of ether oxygens (including phenoxy) is 1. The van der Waals surface area contributed by atoms with E-state index in [9.17, 15) is 0 Å². The molecule has 0 saturated heterocycles. The molecule has 88 valence electrons. The van der Waals surface area contributed by atoms with E-state index < -0.39 is 0 Å². The summed E-state index contributed by atoms with van der Waals surface area (Å²) in [7, 11) is 1.66. The second kappa shape index (κ2) is 5.46. The first-order valence-electron chi connectivity index (χ1n) is 5.63. The maximum Gasteiger partial charge on any atom is 0.118 e. The lowest BCUT2D eigenvalue weighted by Gasteiger charge is -2.08. The van der Waals surface area contributed by atoms with Crippen LogP contribution in [0.1, 0.15) is 5.56 Å². The monoisotopic (exact) mass is 228 g/mol. The summed E-state index contributed by atoms with van der Waals surface area (Å²) in [6.07, 6.45) is 2.65. The molecule has 0 unspecified atom stereocenters. The van der Waals surface area contributed by atoms with E-state index in [-0.39, 0.29) is 0 Å². The van der Waals surface area contributed by atoms with Gasteiger partial charge in [0.2, 0.25) is 0 Å². The van der Waals surface area contributed by atoms with Crippen molar-refractivity contribution in [2.75, 3.05) is 13.7 Å². The lowest BCUT2D eigenvalue weighted by Crippen LogP contribution is -2.04. The van der Waals surface area contributed by atoms with Gasteiger partial charge in [-0.05, 0) is 48.9 Å². The summed E-state index contributed by atoms with van der Waals surface area (Å²) in [5, 5.41) is 0. The van der Waals surface area contributed by atoms with Gasteiger partial charge in [-0.15, -0.1) is 0 Å². The number of benzene rings is 1. The number of hydrogen-bond donors (Lipinski definition) is 1. The number of nitrogens with zero attached hydrogens (tertiary/aromatic N) is 1. The van der Waals surface area contributed by atoms with Gasteiger partial charge >= 0.3 is 0 Å². The Morgan fingerprint density at radius 3 is 2.59 bits per heavy atom. The van der Waals surface area contributed by atoms with Gasteiger partial charge in [-0.1, -0.05) is 6.07 Å². The standard InChI is InChI=1S/C14H16N2O/c1-17-13-6-4-12(5-7-13)14-11(8-9-15)3-2-10-16-14/h2-7,10H,8-9,15H2,1H3. The highest BCUT2D eigenvalue weighted by molar-refractivity contribution is 5.63. The van der Waals surface area contributed by atoms with Gasteiger partial charge in [-0.25, -0.2) is 0 Å². The molecule has 3 nitrogen and oxygen atoms in total. The summed E-state index contributed by atoms with van der Waals surface area (Å²) in [6, 6.07) is 11.9. The predicted molar refractivity (Wildman–Crippen MR) is 69.0 cm³/mol. The first-order valence-corrected chi connectivity index (χ1v) is 5.63. The molecule has 0 aliphatic carbocycles. The third kappa shape index (κ3) is 2.63. The van der Waals surface area contributed by atoms with Crippen molar-refractivity contribution < 1.29 is 4.74 Å². The minimum atomic E-state index is 0.634. The summed E-state index contributed by atoms with van der Waals surface area (Å²) >= 11 is 0. The average Bonchev–Trinajstić information content (AvgIpc) is 2.40. The van der Waals surface area contributed by atoms with Gasteiger partial charge in [-0.2, -0.15) is 0 Å². The molecule has 0 aliphatic rings. The number of methoxy groups -OCH3 is 1. The minimum absolute atomic E-state index is 0.634. The minimum Gasteiger partial charge on any atom is -0.497 e. The molecular formula is C14H16N2O. The van der Waals surface area contributed by atoms with Crippen LogP contribution in [0.3, 0.4) is 0 Å². The summed E-state index contributed by atoms with van der Waals surface area (Å²) in [5.41, 5.74) is 8.88. The fourth-order valence-corrected chi connectivity index (χ4v) is 1.80. The van der Waals surface area contributed by atoms with E-state index in [1.165, 1.54) is 5.56 Å². The van der Waals surface area contributed by atoms with Crippen LogP contribution < -0.4 is 10.5 Å². The Morgan fingerprint density at radius 1 is 1.18 bits per heavy atom. The van der Waals surface area contributed by atoms with Crippen LogP contribution >= 0.6 is 0 Å². The zero-order valence-corrected chi connectivity index (χ0v) is 9.89. The fourth-order valence-electron chi connectivity index (χ4n) is 1.80. The van der Waals surface area contributed by atoms with Crippen LogP contribution in [0.25, 0.3) is 11.3 Å². The van der Waals surface area contributed by atoms with Gasteiger partial charge in [0.15, 0.2) is 0 Å². The summed E-state index contributed by atoms with van der Waals surface area (Å²) in [6.45, 7) is 0.634. The molecule has 0 spiro atoms. The van der Waals surface area contributed by atoms with E-state index in [0.29, 0.717) is 6.54 Å². The van der Waals surface area contributed by atoms with Crippen molar-refractivity contribution in [2.45, 2.75) is 6.42 Å². The van der Waals surface area contributed by atoms with Crippen molar-refractivity contribution in [2.24, 2.45) is 5.73 Å². The molecule has 17 heavy (non-hydrogen) atoms. The third-order valence-corrected chi connectivity index (χ3v) is 2.67. The Balaban J connectivity index is 2.37. The van der Waals surface area contributed by atoms with Crippen LogP contribution in [0.4, 0.5) is 0 Å². The second-order valence-corrected chi connectivity index (χ2v) is 3.78. The van der Waals surface area contributed by atoms with E-state index in [0.717, 1.165) is 23.4 Å². The van der Waals surface area contributed by atoms with Crippen molar-refractivity contribution in [3.63, 3.8) is 0 Å². The van der Waals surface area contributed by atoms with Crippen LogP contribution in [0.2, 0.25) is 0 Å². The van der Waals surface area contributed by atoms with Gasteiger partial charge in [0.05, 0.1) is 12.8 Å². The molecule has 0 amide bonds. The molecule has 1 aromatic carbocycles. The van der Waals surface area contributed by atoms with Crippen molar-refractivity contribution in [3.05, 3.63) is 48.2 Å². The van der Waals surface area contributed by atoms with E-state index in [2.05, 4.69) is 11.1 Å². The number of rotatable bonds is 4. The zero-order chi connectivity index (χ0) is 12.1. The van der Waals surface area contributed by atoms with Crippen LogP contribution in [0.5, 0.6) is 5.75 Å². The molecule has 1 aromatic heterocycles. The molecular weight excluding hydrogens is 212 g/mol. The van der Waals surface area contributed by atoms with E-state index in [4.69, 9.17) is 10.5 Å². The molecule has 2 N–H and O–H groups in total. The number of hydrogen-bond acceptors (Lipinski definition) is 3. The number of nitrogens with two attached hydrogens (primary N) is 1. The summed E-state index contributed by atoms with van der Waals surface area (Å²) in [5.74, 6) is 0.852. The predicted octanol–water partition coefficient (Wildman–Crippen LogP) is 2.26. The highest BCUT2D eigenvalue weighted by atomic mass is 16.5. The zero-order valence-electron chi connectivity index (χ0n) is 9.89. The average molecular weight is 228 g/mol. The number of pyridine rings is 1. The lowest BCUT2D eigenvalue weighted by atomic mass is 10.0. The Bertz CT molecular complexity index is 480. The smallest absolute Gasteiger partial charge is 0.118 e. The van der Waals surface area contributed by atoms with Crippen molar-refractivity contribution in [3.8, 4) is 17.0 Å². The Morgan fingerprint density at radius 2 is 1.94 bits per heavy atom. The maximum absolute atomic E-state index is 5.61. The molecule has 0 radical (unpaired) electrons. The maximum atomic E-state index is 5.61. The molecule has 0 atom stereocenters. The fraction of sp³-hybridized carbons (Fsp3) is 0.214. The first-order chi connectivity index (χ1) is 8.35. The van der Waals surface area contributed by atoms with Crippen LogP contribution in [0, 0.1) is 0 Å². The number of aromatic nitrogens is 1. The molecule has 0 saturated carbocycles. The van der Waals surface area contributed by atoms with Crippen molar-refractivity contribution >= 4 is 0 Å². The lowest BCUT2D eigenvalue weighted by molar-refractivity contribution is 0.415. The van der Waals surface area contributed by atoms with Gasteiger partial charge < -0.3 is 10.5 Å². The molecule has 1 heterocycles. The largest absolute Gasteiger partial charge is 0.497 e. The normalized spacial score (nSPS) is 10.2. The van der Waals surface area contributed by atoms with Gasteiger partial charge in [0.25, 0.3) is 0 Å². The van der Waals surface area contributed by atoms with E-state index in [1.54, 1.807) is 13.3 Å². The van der Waals surface area contributed by atoms with Crippen LogP contribution in [-0.4, -0.2) is 18.6 Å². The Hall–Kier alpha value is -1.87. The highest BCUT2D eigenvalue weighted by Gasteiger charge is 2.05. The van der Waals surface area contributed by atoms with E-state index in [1.807, 2.05) is 30.3 Å². The van der Waals surface area contributed by atoms with Gasteiger partial charge in [0.1, 0.15) is 5.75 Å². The second-order valence-electron chi connectivity index (χ2n) is 3.78. The molecule has 0 aliphatic heterocycles. The Labute approximate surface area is 101 Å². The topological polar surface area (TPSA) is 48.1 Å². The van der Waals surface area contributed by atoms with Crippen LogP contribution in [-0.2, 0) is 6.42 Å². The van der Waals surface area contributed by atoms with Crippen LogP contribution in [0.15, 0.2) is 42.6 Å². The Kier molecular flexibility index (Phi) is 3.73. The molecule has 3 heteroatoms. The molecule has 0 bridgehead atoms. The summed E-state index contributed by atoms with van der Waals surface area (Å²) in [4.78, 5) is 4.43.